The van der Waals surface area contributed by atoms with E-state index in [4.69, 9.17) is 0 Å². The molecule has 1 unspecified atom stereocenters. The number of carbonyl (C=O) groups excluding carboxylic acids is 3. The molecule has 0 spiro atoms. The van der Waals surface area contributed by atoms with E-state index in [0.29, 0.717) is 27.5 Å². The lowest BCUT2D eigenvalue weighted by molar-refractivity contribution is -0.116. The average Bonchev–Trinajstić information content (AvgIpc) is 3.37. The standard InChI is InChI=1S/C42H37N5O4S/c1-28-16-13-14-21-32(28)26-36(44-39(48)31-19-9-5-10-20-31)40(49)43-33-22-15-25-35(27-33)52-38(30-17-7-4-8-18-30)41(50)45-37-29(2)46(3)47(42(37)51)34-23-11-6-12-24-34/h4-27,38H,1-3H3,(H,43,49)(H,44,48)(H,45,50)/b36-26-. The largest absolute Gasteiger partial charge is 0.321 e. The van der Waals surface area contributed by atoms with Gasteiger partial charge in [-0.15, -0.1) is 11.8 Å². The van der Waals surface area contributed by atoms with Crippen LogP contribution in [0.2, 0.25) is 0 Å². The highest BCUT2D eigenvalue weighted by Gasteiger charge is 2.26. The van der Waals surface area contributed by atoms with Gasteiger partial charge in [0.15, 0.2) is 0 Å². The molecule has 6 aromatic rings. The lowest BCUT2D eigenvalue weighted by Crippen LogP contribution is -2.30. The minimum Gasteiger partial charge on any atom is -0.321 e. The summed E-state index contributed by atoms with van der Waals surface area (Å²) in [6.45, 7) is 3.72. The number of aromatic nitrogens is 2. The average molecular weight is 708 g/mol. The highest BCUT2D eigenvalue weighted by Crippen LogP contribution is 2.37. The number of para-hydroxylation sites is 1. The Bertz CT molecular complexity index is 2320. The number of amides is 3. The van der Waals surface area contributed by atoms with Crippen molar-refractivity contribution in [1.29, 1.82) is 0 Å². The molecule has 0 aliphatic rings. The van der Waals surface area contributed by atoms with E-state index in [-0.39, 0.29) is 22.9 Å². The summed E-state index contributed by atoms with van der Waals surface area (Å²) < 4.78 is 3.24. The van der Waals surface area contributed by atoms with Gasteiger partial charge in [-0.3, -0.25) is 23.9 Å². The lowest BCUT2D eigenvalue weighted by atomic mass is 10.1. The van der Waals surface area contributed by atoms with Crippen molar-refractivity contribution >= 4 is 46.9 Å². The molecule has 3 amide bonds. The Morgan fingerprint density at radius 1 is 0.731 bits per heavy atom. The zero-order valence-electron chi connectivity index (χ0n) is 28.9. The van der Waals surface area contributed by atoms with Crippen molar-refractivity contribution in [2.45, 2.75) is 24.0 Å². The fourth-order valence-corrected chi connectivity index (χ4v) is 6.71. The third-order valence-corrected chi connectivity index (χ3v) is 9.75. The number of hydrogen-bond donors (Lipinski definition) is 3. The van der Waals surface area contributed by atoms with Gasteiger partial charge in [-0.05, 0) is 79.1 Å². The molecule has 3 N–H and O–H groups in total. The third kappa shape index (κ3) is 8.14. The van der Waals surface area contributed by atoms with Crippen LogP contribution in [0, 0.1) is 13.8 Å². The van der Waals surface area contributed by atoms with Crippen molar-refractivity contribution in [1.82, 2.24) is 14.7 Å². The summed E-state index contributed by atoms with van der Waals surface area (Å²) in [4.78, 5) is 55.2. The van der Waals surface area contributed by atoms with Crippen LogP contribution in [-0.4, -0.2) is 27.1 Å². The predicted octanol–water partition coefficient (Wildman–Crippen LogP) is 7.67. The third-order valence-electron chi connectivity index (χ3n) is 8.51. The van der Waals surface area contributed by atoms with Gasteiger partial charge in [-0.2, -0.15) is 0 Å². The highest BCUT2D eigenvalue weighted by atomic mass is 32.2. The Morgan fingerprint density at radius 2 is 1.37 bits per heavy atom. The van der Waals surface area contributed by atoms with Crippen molar-refractivity contribution in [3.63, 3.8) is 0 Å². The van der Waals surface area contributed by atoms with Crippen molar-refractivity contribution < 1.29 is 14.4 Å². The second-order valence-corrected chi connectivity index (χ2v) is 13.2. The van der Waals surface area contributed by atoms with Crippen LogP contribution >= 0.6 is 11.8 Å². The summed E-state index contributed by atoms with van der Waals surface area (Å²) in [6, 6.07) is 41.9. The van der Waals surface area contributed by atoms with Crippen LogP contribution in [0.25, 0.3) is 11.8 Å². The first-order valence-corrected chi connectivity index (χ1v) is 17.5. The number of anilines is 2. The number of nitrogens with zero attached hydrogens (tertiary/aromatic N) is 2. The van der Waals surface area contributed by atoms with Crippen molar-refractivity contribution in [3.05, 3.63) is 184 Å². The Kier molecular flexibility index (Phi) is 11.0. The number of thioether (sulfide) groups is 1. The SMILES string of the molecule is Cc1ccccc1/C=C(\NC(=O)c1ccccc1)C(=O)Nc1cccc(SC(C(=O)Nc2c(C)n(C)n(-c3ccccc3)c2=O)c2ccccc2)c1. The number of carbonyl (C=O) groups is 3. The molecule has 0 saturated heterocycles. The zero-order chi connectivity index (χ0) is 36.6. The van der Waals surface area contributed by atoms with E-state index in [0.717, 1.165) is 16.7 Å². The number of benzene rings is 5. The molecular formula is C42H37N5O4S. The number of hydrogen-bond acceptors (Lipinski definition) is 5. The molecule has 1 heterocycles. The molecule has 0 radical (unpaired) electrons. The zero-order valence-corrected chi connectivity index (χ0v) is 29.7. The van der Waals surface area contributed by atoms with E-state index in [1.54, 1.807) is 67.2 Å². The van der Waals surface area contributed by atoms with E-state index in [1.807, 2.05) is 104 Å². The van der Waals surface area contributed by atoms with Crippen LogP contribution in [0.1, 0.15) is 38.0 Å². The summed E-state index contributed by atoms with van der Waals surface area (Å²) in [7, 11) is 1.78. The molecule has 5 aromatic carbocycles. The fourth-order valence-electron chi connectivity index (χ4n) is 5.63. The Hall–Kier alpha value is -6.39. The Labute approximate surface area is 306 Å². The summed E-state index contributed by atoms with van der Waals surface area (Å²) in [5.41, 5.74) is 4.57. The quantitative estimate of drug-likeness (QED) is 0.0945. The maximum Gasteiger partial charge on any atom is 0.295 e. The first-order chi connectivity index (χ1) is 25.2. The van der Waals surface area contributed by atoms with Crippen LogP contribution in [0.4, 0.5) is 11.4 Å². The van der Waals surface area contributed by atoms with E-state index in [9.17, 15) is 19.2 Å². The normalized spacial score (nSPS) is 11.8. The monoisotopic (exact) mass is 707 g/mol. The van der Waals surface area contributed by atoms with Gasteiger partial charge in [0.05, 0.1) is 11.4 Å². The van der Waals surface area contributed by atoms with E-state index >= 15 is 0 Å². The first kappa shape index (κ1) is 35.4. The Morgan fingerprint density at radius 3 is 2.06 bits per heavy atom. The summed E-state index contributed by atoms with van der Waals surface area (Å²) in [5, 5.41) is 7.88. The molecule has 260 valence electrons. The number of rotatable bonds is 11. The van der Waals surface area contributed by atoms with Crippen molar-refractivity contribution in [2.24, 2.45) is 7.05 Å². The van der Waals surface area contributed by atoms with Gasteiger partial charge in [-0.25, -0.2) is 4.68 Å². The molecule has 9 nitrogen and oxygen atoms in total. The van der Waals surface area contributed by atoms with Crippen LogP contribution < -0.4 is 21.5 Å². The Balaban J connectivity index is 1.26. The summed E-state index contributed by atoms with van der Waals surface area (Å²) in [6.07, 6.45) is 1.65. The van der Waals surface area contributed by atoms with Crippen molar-refractivity contribution in [3.8, 4) is 5.69 Å². The predicted molar refractivity (Wildman–Crippen MR) is 208 cm³/mol. The smallest absolute Gasteiger partial charge is 0.295 e. The molecular weight excluding hydrogens is 671 g/mol. The molecule has 0 aliphatic carbocycles. The van der Waals surface area contributed by atoms with Crippen LogP contribution in [-0.2, 0) is 16.6 Å². The molecule has 0 aliphatic heterocycles. The van der Waals surface area contributed by atoms with Gasteiger partial charge in [0.1, 0.15) is 16.6 Å². The molecule has 0 saturated carbocycles. The minimum absolute atomic E-state index is 0.0714. The van der Waals surface area contributed by atoms with Crippen LogP contribution in [0.3, 0.4) is 0 Å². The first-order valence-electron chi connectivity index (χ1n) is 16.6. The van der Waals surface area contributed by atoms with Gasteiger partial charge in [-0.1, -0.05) is 97.1 Å². The fraction of sp³-hybridized carbons (Fsp3) is 0.0952. The van der Waals surface area contributed by atoms with Crippen molar-refractivity contribution in [2.75, 3.05) is 10.6 Å². The summed E-state index contributed by atoms with van der Waals surface area (Å²) in [5.74, 6) is -1.30. The second kappa shape index (κ2) is 16.1. The van der Waals surface area contributed by atoms with E-state index in [1.165, 1.54) is 16.4 Å². The molecule has 0 fully saturated rings. The van der Waals surface area contributed by atoms with Gasteiger partial charge in [0, 0.05) is 23.2 Å². The van der Waals surface area contributed by atoms with E-state index in [2.05, 4.69) is 16.0 Å². The molecule has 0 bridgehead atoms. The molecule has 6 rings (SSSR count). The minimum atomic E-state index is -0.738. The summed E-state index contributed by atoms with van der Waals surface area (Å²) >= 11 is 1.29. The molecule has 1 aromatic heterocycles. The van der Waals surface area contributed by atoms with Crippen LogP contribution in [0.5, 0.6) is 0 Å². The van der Waals surface area contributed by atoms with Crippen LogP contribution in [0.15, 0.2) is 155 Å². The van der Waals surface area contributed by atoms with Gasteiger partial charge in [0.25, 0.3) is 17.4 Å². The number of nitrogens with one attached hydrogen (secondary N) is 3. The lowest BCUT2D eigenvalue weighted by Gasteiger charge is -2.17. The van der Waals surface area contributed by atoms with E-state index < -0.39 is 17.1 Å². The molecule has 10 heteroatoms. The molecule has 1 atom stereocenters. The highest BCUT2D eigenvalue weighted by molar-refractivity contribution is 8.00. The maximum absolute atomic E-state index is 14.0. The maximum atomic E-state index is 14.0. The molecule has 52 heavy (non-hydrogen) atoms. The topological polar surface area (TPSA) is 114 Å². The van der Waals surface area contributed by atoms with Gasteiger partial charge in [0.2, 0.25) is 5.91 Å². The number of aryl methyl sites for hydroxylation is 1. The second-order valence-electron chi connectivity index (χ2n) is 12.1. The van der Waals surface area contributed by atoms with Gasteiger partial charge >= 0.3 is 0 Å². The van der Waals surface area contributed by atoms with Gasteiger partial charge < -0.3 is 16.0 Å².